The number of ether oxygens (including phenoxy) is 1. The van der Waals surface area contributed by atoms with Gasteiger partial charge in [0.15, 0.2) is 6.61 Å². The third kappa shape index (κ3) is 4.87. The first-order valence-corrected chi connectivity index (χ1v) is 9.49. The summed E-state index contributed by atoms with van der Waals surface area (Å²) in [5.41, 5.74) is 2.55. The van der Waals surface area contributed by atoms with E-state index < -0.39 is 11.9 Å². The number of esters is 1. The maximum atomic E-state index is 12.2. The number of hydrogen-bond acceptors (Lipinski definition) is 5. The number of imide groups is 1. The topological polar surface area (TPSA) is 92.8 Å². The maximum absolute atomic E-state index is 12.2. The highest BCUT2D eigenvalue weighted by Crippen LogP contribution is 2.22. The summed E-state index contributed by atoms with van der Waals surface area (Å²) >= 11 is 0. The Labute approximate surface area is 168 Å². The van der Waals surface area contributed by atoms with E-state index in [2.05, 4.69) is 5.32 Å². The number of aryl methyl sites for hydroxylation is 1. The van der Waals surface area contributed by atoms with Crippen LogP contribution in [0.5, 0.6) is 0 Å². The van der Waals surface area contributed by atoms with Gasteiger partial charge in [-0.3, -0.25) is 24.1 Å². The Bertz CT molecular complexity index is 901. The van der Waals surface area contributed by atoms with Crippen molar-refractivity contribution in [2.75, 3.05) is 18.5 Å². The number of amides is 3. The quantitative estimate of drug-likeness (QED) is 0.549. The van der Waals surface area contributed by atoms with Gasteiger partial charge in [-0.2, -0.15) is 0 Å². The van der Waals surface area contributed by atoms with Gasteiger partial charge in [0.05, 0.1) is 11.1 Å². The molecule has 2 aromatic carbocycles. The van der Waals surface area contributed by atoms with Crippen LogP contribution in [0.15, 0.2) is 48.5 Å². The van der Waals surface area contributed by atoms with Crippen LogP contribution in [0.2, 0.25) is 0 Å². The zero-order chi connectivity index (χ0) is 20.8. The van der Waals surface area contributed by atoms with Gasteiger partial charge in [-0.05, 0) is 42.7 Å². The molecule has 0 radical (unpaired) electrons. The van der Waals surface area contributed by atoms with Crippen LogP contribution < -0.4 is 5.32 Å². The first-order valence-electron chi connectivity index (χ1n) is 9.49. The molecule has 3 amide bonds. The number of carbonyl (C=O) groups is 4. The average Bonchev–Trinajstić information content (AvgIpc) is 2.98. The van der Waals surface area contributed by atoms with Crippen LogP contribution >= 0.6 is 0 Å². The Morgan fingerprint density at radius 3 is 2.17 bits per heavy atom. The predicted octanol–water partition coefficient (Wildman–Crippen LogP) is 2.81. The van der Waals surface area contributed by atoms with Crippen molar-refractivity contribution in [1.29, 1.82) is 0 Å². The summed E-state index contributed by atoms with van der Waals surface area (Å²) in [7, 11) is 0. The summed E-state index contributed by atoms with van der Waals surface area (Å²) in [6.07, 6.45) is 1.18. The van der Waals surface area contributed by atoms with Gasteiger partial charge < -0.3 is 10.1 Å². The van der Waals surface area contributed by atoms with E-state index in [1.807, 2.05) is 19.1 Å². The molecule has 0 fully saturated rings. The van der Waals surface area contributed by atoms with Crippen LogP contribution in [-0.2, 0) is 20.7 Å². The van der Waals surface area contributed by atoms with E-state index in [0.29, 0.717) is 16.8 Å². The lowest BCUT2D eigenvalue weighted by Crippen LogP contribution is -2.31. The standard InChI is InChI=1S/C22H22N2O5/c1-2-15-9-11-16(12-10-15)23-19(25)14-29-20(26)8-5-13-24-21(27)17-6-3-4-7-18(17)22(24)28/h3-4,6-7,9-12H,2,5,8,13-14H2,1H3,(H,23,25). The van der Waals surface area contributed by atoms with Gasteiger partial charge >= 0.3 is 5.97 Å². The van der Waals surface area contributed by atoms with Gasteiger partial charge in [0.2, 0.25) is 0 Å². The molecule has 0 aliphatic carbocycles. The molecule has 0 bridgehead atoms. The largest absolute Gasteiger partial charge is 0.456 e. The molecule has 1 heterocycles. The Hall–Kier alpha value is -3.48. The Morgan fingerprint density at radius 1 is 0.966 bits per heavy atom. The molecule has 0 spiro atoms. The van der Waals surface area contributed by atoms with E-state index >= 15 is 0 Å². The van der Waals surface area contributed by atoms with E-state index in [9.17, 15) is 19.2 Å². The number of nitrogens with one attached hydrogen (secondary N) is 1. The summed E-state index contributed by atoms with van der Waals surface area (Å²) in [5.74, 6) is -1.69. The number of benzene rings is 2. The van der Waals surface area contributed by atoms with Crippen LogP contribution in [0.4, 0.5) is 5.69 Å². The first kappa shape index (κ1) is 20.3. The van der Waals surface area contributed by atoms with Crippen LogP contribution in [-0.4, -0.2) is 41.7 Å². The molecule has 1 aliphatic heterocycles. The smallest absolute Gasteiger partial charge is 0.306 e. The van der Waals surface area contributed by atoms with Gasteiger partial charge in [-0.1, -0.05) is 31.2 Å². The molecule has 0 saturated carbocycles. The lowest BCUT2D eigenvalue weighted by Gasteiger charge is -2.13. The highest BCUT2D eigenvalue weighted by Gasteiger charge is 2.34. The maximum Gasteiger partial charge on any atom is 0.306 e. The van der Waals surface area contributed by atoms with Crippen molar-refractivity contribution in [3.63, 3.8) is 0 Å². The molecule has 1 N–H and O–H groups in total. The molecule has 7 nitrogen and oxygen atoms in total. The Kier molecular flexibility index (Phi) is 6.39. The van der Waals surface area contributed by atoms with Crippen molar-refractivity contribution in [2.24, 2.45) is 0 Å². The zero-order valence-electron chi connectivity index (χ0n) is 16.1. The van der Waals surface area contributed by atoms with E-state index in [1.54, 1.807) is 36.4 Å². The van der Waals surface area contributed by atoms with Crippen LogP contribution in [0.3, 0.4) is 0 Å². The van der Waals surface area contributed by atoms with E-state index in [0.717, 1.165) is 16.9 Å². The number of nitrogens with zero attached hydrogens (tertiary/aromatic N) is 1. The number of carbonyl (C=O) groups excluding carboxylic acids is 4. The monoisotopic (exact) mass is 394 g/mol. The zero-order valence-corrected chi connectivity index (χ0v) is 16.1. The number of fused-ring (bicyclic) bond motifs is 1. The third-order valence-corrected chi connectivity index (χ3v) is 4.65. The second-order valence-electron chi connectivity index (χ2n) is 6.67. The van der Waals surface area contributed by atoms with Crippen molar-refractivity contribution >= 4 is 29.4 Å². The minimum Gasteiger partial charge on any atom is -0.456 e. The molecule has 0 atom stereocenters. The van der Waals surface area contributed by atoms with E-state index in [4.69, 9.17) is 4.74 Å². The molecule has 0 saturated heterocycles. The Morgan fingerprint density at radius 2 is 1.59 bits per heavy atom. The SMILES string of the molecule is CCc1ccc(NC(=O)COC(=O)CCCN2C(=O)c3ccccc3C2=O)cc1. The van der Waals surface area contributed by atoms with Crippen molar-refractivity contribution in [3.05, 3.63) is 65.2 Å². The number of hydrogen-bond donors (Lipinski definition) is 1. The highest BCUT2D eigenvalue weighted by molar-refractivity contribution is 6.21. The fourth-order valence-electron chi connectivity index (χ4n) is 3.06. The van der Waals surface area contributed by atoms with Crippen molar-refractivity contribution in [3.8, 4) is 0 Å². The van der Waals surface area contributed by atoms with Gasteiger partial charge in [0, 0.05) is 18.7 Å². The van der Waals surface area contributed by atoms with E-state index in [-0.39, 0.29) is 37.8 Å². The number of anilines is 1. The van der Waals surface area contributed by atoms with Crippen molar-refractivity contribution in [2.45, 2.75) is 26.2 Å². The molecule has 150 valence electrons. The highest BCUT2D eigenvalue weighted by atomic mass is 16.5. The summed E-state index contributed by atoms with van der Waals surface area (Å²) in [5, 5.41) is 2.66. The van der Waals surface area contributed by atoms with Crippen LogP contribution in [0.25, 0.3) is 0 Å². The molecule has 1 aliphatic rings. The van der Waals surface area contributed by atoms with Gasteiger partial charge in [-0.25, -0.2) is 0 Å². The third-order valence-electron chi connectivity index (χ3n) is 4.65. The lowest BCUT2D eigenvalue weighted by atomic mass is 10.1. The summed E-state index contributed by atoms with van der Waals surface area (Å²) in [4.78, 5) is 49.4. The average molecular weight is 394 g/mol. The fourth-order valence-corrected chi connectivity index (χ4v) is 3.06. The predicted molar refractivity (Wildman–Crippen MR) is 106 cm³/mol. The summed E-state index contributed by atoms with van der Waals surface area (Å²) in [6, 6.07) is 14.0. The minimum absolute atomic E-state index is 0.00584. The molecule has 0 aromatic heterocycles. The van der Waals surface area contributed by atoms with E-state index in [1.165, 1.54) is 0 Å². The fraction of sp³-hybridized carbons (Fsp3) is 0.273. The van der Waals surface area contributed by atoms with Crippen molar-refractivity contribution in [1.82, 2.24) is 4.90 Å². The molecular formula is C22H22N2O5. The first-order chi connectivity index (χ1) is 14.0. The van der Waals surface area contributed by atoms with Gasteiger partial charge in [-0.15, -0.1) is 0 Å². The van der Waals surface area contributed by atoms with Gasteiger partial charge in [0.25, 0.3) is 17.7 Å². The summed E-state index contributed by atoms with van der Waals surface area (Å²) < 4.78 is 4.96. The van der Waals surface area contributed by atoms with Crippen LogP contribution in [0, 0.1) is 0 Å². The second-order valence-corrected chi connectivity index (χ2v) is 6.67. The molecule has 0 unspecified atom stereocenters. The lowest BCUT2D eigenvalue weighted by molar-refractivity contribution is -0.147. The molecular weight excluding hydrogens is 372 g/mol. The molecule has 2 aromatic rings. The van der Waals surface area contributed by atoms with Crippen LogP contribution in [0.1, 0.15) is 46.0 Å². The Balaban J connectivity index is 1.38. The summed E-state index contributed by atoms with van der Waals surface area (Å²) in [6.45, 7) is 1.78. The number of rotatable bonds is 8. The van der Waals surface area contributed by atoms with Gasteiger partial charge in [0.1, 0.15) is 0 Å². The minimum atomic E-state index is -0.557. The molecule has 3 rings (SSSR count). The normalized spacial score (nSPS) is 12.7. The second kappa shape index (κ2) is 9.14. The molecule has 29 heavy (non-hydrogen) atoms. The molecule has 7 heteroatoms. The van der Waals surface area contributed by atoms with Crippen molar-refractivity contribution < 1.29 is 23.9 Å².